The van der Waals surface area contributed by atoms with Crippen LogP contribution >= 0.6 is 11.3 Å². The average molecular weight is 350 g/mol. The molecule has 0 unspecified atom stereocenters. The number of thiazole rings is 1. The SMILES string of the molecule is O=C(O)/C=C/C(=O)Nc1ccc(-c2csc(-c3ccccc3)n2)cc1. The van der Waals surface area contributed by atoms with Gasteiger partial charge in [-0.2, -0.15) is 0 Å². The van der Waals surface area contributed by atoms with Crippen LogP contribution in [0.25, 0.3) is 21.8 Å². The van der Waals surface area contributed by atoms with Crippen LogP contribution in [-0.4, -0.2) is 22.0 Å². The minimum atomic E-state index is -1.16. The predicted octanol–water partition coefficient (Wildman–Crippen LogP) is 4.06. The van der Waals surface area contributed by atoms with Crippen molar-refractivity contribution in [2.45, 2.75) is 0 Å². The molecule has 1 aromatic heterocycles. The molecule has 0 saturated carbocycles. The van der Waals surface area contributed by atoms with Gasteiger partial charge in [0, 0.05) is 34.3 Å². The summed E-state index contributed by atoms with van der Waals surface area (Å²) < 4.78 is 0. The number of anilines is 1. The van der Waals surface area contributed by atoms with E-state index in [0.29, 0.717) is 5.69 Å². The molecule has 1 amide bonds. The quantitative estimate of drug-likeness (QED) is 0.680. The van der Waals surface area contributed by atoms with E-state index < -0.39 is 11.9 Å². The molecule has 124 valence electrons. The topological polar surface area (TPSA) is 79.3 Å². The second-order valence-corrected chi connectivity index (χ2v) is 6.00. The summed E-state index contributed by atoms with van der Waals surface area (Å²) in [4.78, 5) is 26.6. The van der Waals surface area contributed by atoms with E-state index in [9.17, 15) is 9.59 Å². The Hall–Kier alpha value is -3.25. The van der Waals surface area contributed by atoms with Crippen molar-refractivity contribution < 1.29 is 14.7 Å². The largest absolute Gasteiger partial charge is 0.478 e. The number of amides is 1. The third kappa shape index (κ3) is 4.39. The third-order valence-electron chi connectivity index (χ3n) is 3.35. The predicted molar refractivity (Wildman–Crippen MR) is 98.4 cm³/mol. The first-order valence-corrected chi connectivity index (χ1v) is 8.33. The van der Waals surface area contributed by atoms with Gasteiger partial charge in [0.1, 0.15) is 5.01 Å². The minimum Gasteiger partial charge on any atom is -0.478 e. The molecule has 6 heteroatoms. The van der Waals surface area contributed by atoms with Crippen molar-refractivity contribution in [3.63, 3.8) is 0 Å². The zero-order chi connectivity index (χ0) is 17.6. The van der Waals surface area contributed by atoms with Crippen LogP contribution in [0.4, 0.5) is 5.69 Å². The summed E-state index contributed by atoms with van der Waals surface area (Å²) in [5.41, 5.74) is 3.47. The Morgan fingerprint density at radius 1 is 0.960 bits per heavy atom. The summed E-state index contributed by atoms with van der Waals surface area (Å²) in [5, 5.41) is 14.0. The number of carboxylic acid groups (broad SMARTS) is 1. The summed E-state index contributed by atoms with van der Waals surface area (Å²) in [7, 11) is 0. The fourth-order valence-corrected chi connectivity index (χ4v) is 3.01. The Balaban J connectivity index is 1.72. The Morgan fingerprint density at radius 3 is 2.36 bits per heavy atom. The summed E-state index contributed by atoms with van der Waals surface area (Å²) in [6, 6.07) is 17.2. The van der Waals surface area contributed by atoms with Crippen molar-refractivity contribution in [2.75, 3.05) is 5.32 Å². The second-order valence-electron chi connectivity index (χ2n) is 5.14. The number of carboxylic acids is 1. The van der Waals surface area contributed by atoms with Gasteiger partial charge < -0.3 is 10.4 Å². The Bertz CT molecular complexity index is 915. The highest BCUT2D eigenvalue weighted by Gasteiger charge is 2.07. The standard InChI is InChI=1S/C19H14N2O3S/c22-17(10-11-18(23)24)20-15-8-6-13(7-9-15)16-12-25-19(21-16)14-4-2-1-3-5-14/h1-12H,(H,20,22)(H,23,24)/b11-10+. The van der Waals surface area contributed by atoms with Gasteiger partial charge >= 0.3 is 5.97 Å². The van der Waals surface area contributed by atoms with Crippen LogP contribution in [0.2, 0.25) is 0 Å². The van der Waals surface area contributed by atoms with Crippen LogP contribution in [0, 0.1) is 0 Å². The lowest BCUT2D eigenvalue weighted by molar-refractivity contribution is -0.131. The highest BCUT2D eigenvalue weighted by Crippen LogP contribution is 2.29. The molecule has 0 aliphatic carbocycles. The number of nitrogens with zero attached hydrogens (tertiary/aromatic N) is 1. The molecule has 0 aliphatic heterocycles. The molecule has 1 heterocycles. The Morgan fingerprint density at radius 2 is 1.68 bits per heavy atom. The number of carbonyl (C=O) groups excluding carboxylic acids is 1. The molecule has 0 fully saturated rings. The molecule has 3 rings (SSSR count). The summed E-state index contributed by atoms with van der Waals surface area (Å²) in [6.07, 6.45) is 1.77. The van der Waals surface area contributed by atoms with Gasteiger partial charge in [-0.1, -0.05) is 42.5 Å². The molecular weight excluding hydrogens is 336 g/mol. The lowest BCUT2D eigenvalue weighted by Gasteiger charge is -2.03. The normalized spacial score (nSPS) is 10.7. The van der Waals surface area contributed by atoms with Crippen molar-refractivity contribution in [1.82, 2.24) is 4.98 Å². The molecule has 25 heavy (non-hydrogen) atoms. The molecule has 0 saturated heterocycles. The second kappa shape index (κ2) is 7.55. The Kier molecular flexibility index (Phi) is 5.01. The molecule has 0 spiro atoms. The number of rotatable bonds is 5. The molecule has 2 N–H and O–H groups in total. The number of aromatic nitrogens is 1. The van der Waals surface area contributed by atoms with Crippen LogP contribution in [-0.2, 0) is 9.59 Å². The van der Waals surface area contributed by atoms with Gasteiger partial charge in [-0.15, -0.1) is 11.3 Å². The zero-order valence-corrected chi connectivity index (χ0v) is 13.9. The van der Waals surface area contributed by atoms with Gasteiger partial charge in [0.2, 0.25) is 5.91 Å². The first kappa shape index (κ1) is 16.6. The lowest BCUT2D eigenvalue weighted by atomic mass is 10.1. The van der Waals surface area contributed by atoms with Gasteiger partial charge in [0.15, 0.2) is 0 Å². The number of hydrogen-bond donors (Lipinski definition) is 2. The average Bonchev–Trinajstić information content (AvgIpc) is 3.11. The number of nitrogens with one attached hydrogen (secondary N) is 1. The highest BCUT2D eigenvalue weighted by molar-refractivity contribution is 7.13. The smallest absolute Gasteiger partial charge is 0.328 e. The van der Waals surface area contributed by atoms with Gasteiger partial charge in [-0.3, -0.25) is 4.79 Å². The maximum Gasteiger partial charge on any atom is 0.328 e. The molecule has 0 aliphatic rings. The van der Waals surface area contributed by atoms with Gasteiger partial charge in [-0.05, 0) is 12.1 Å². The monoisotopic (exact) mass is 350 g/mol. The molecule has 3 aromatic rings. The van der Waals surface area contributed by atoms with E-state index in [2.05, 4.69) is 10.3 Å². The van der Waals surface area contributed by atoms with Crippen molar-refractivity contribution in [3.8, 4) is 21.8 Å². The maximum absolute atomic E-state index is 11.6. The first-order valence-electron chi connectivity index (χ1n) is 7.45. The molecule has 2 aromatic carbocycles. The molecule has 0 bridgehead atoms. The van der Waals surface area contributed by atoms with E-state index in [-0.39, 0.29) is 0 Å². The van der Waals surface area contributed by atoms with E-state index in [1.54, 1.807) is 23.5 Å². The zero-order valence-electron chi connectivity index (χ0n) is 13.0. The van der Waals surface area contributed by atoms with Gasteiger partial charge in [-0.25, -0.2) is 9.78 Å². The van der Waals surface area contributed by atoms with Crippen molar-refractivity contribution in [1.29, 1.82) is 0 Å². The number of benzene rings is 2. The van der Waals surface area contributed by atoms with E-state index in [4.69, 9.17) is 5.11 Å². The van der Waals surface area contributed by atoms with E-state index in [1.165, 1.54) is 0 Å². The van der Waals surface area contributed by atoms with Crippen LogP contribution in [0.5, 0.6) is 0 Å². The third-order valence-corrected chi connectivity index (χ3v) is 4.24. The number of hydrogen-bond acceptors (Lipinski definition) is 4. The molecule has 0 radical (unpaired) electrons. The lowest BCUT2D eigenvalue weighted by Crippen LogP contribution is -2.08. The fraction of sp³-hybridized carbons (Fsp3) is 0. The van der Waals surface area contributed by atoms with Crippen LogP contribution in [0.1, 0.15) is 0 Å². The van der Waals surface area contributed by atoms with Gasteiger partial charge in [0.05, 0.1) is 5.69 Å². The Labute approximate surface area is 148 Å². The van der Waals surface area contributed by atoms with Crippen molar-refractivity contribution in [2.24, 2.45) is 0 Å². The first-order chi connectivity index (χ1) is 12.1. The summed E-state index contributed by atoms with van der Waals surface area (Å²) >= 11 is 1.58. The maximum atomic E-state index is 11.6. The fourth-order valence-electron chi connectivity index (χ4n) is 2.17. The van der Waals surface area contributed by atoms with E-state index in [1.807, 2.05) is 47.8 Å². The van der Waals surface area contributed by atoms with E-state index >= 15 is 0 Å². The van der Waals surface area contributed by atoms with Crippen LogP contribution in [0.15, 0.2) is 72.1 Å². The van der Waals surface area contributed by atoms with E-state index in [0.717, 1.165) is 34.0 Å². The van der Waals surface area contributed by atoms with Crippen LogP contribution < -0.4 is 5.32 Å². The summed E-state index contributed by atoms with van der Waals surface area (Å²) in [5.74, 6) is -1.65. The highest BCUT2D eigenvalue weighted by atomic mass is 32.1. The minimum absolute atomic E-state index is 0.491. The van der Waals surface area contributed by atoms with Crippen molar-refractivity contribution in [3.05, 3.63) is 72.1 Å². The number of aliphatic carboxylic acids is 1. The molecular formula is C19H14N2O3S. The van der Waals surface area contributed by atoms with Crippen molar-refractivity contribution >= 4 is 28.9 Å². The number of carbonyl (C=O) groups is 2. The van der Waals surface area contributed by atoms with Crippen LogP contribution in [0.3, 0.4) is 0 Å². The van der Waals surface area contributed by atoms with Gasteiger partial charge in [0.25, 0.3) is 0 Å². The molecule has 5 nitrogen and oxygen atoms in total. The molecule has 0 atom stereocenters. The summed E-state index contributed by atoms with van der Waals surface area (Å²) in [6.45, 7) is 0.